The molecule has 22 rings (SSSR count). The highest BCUT2D eigenvalue weighted by molar-refractivity contribution is 6.21. The molecular formula is C108H68N2O2. The van der Waals surface area contributed by atoms with Crippen molar-refractivity contribution in [2.75, 3.05) is 9.80 Å². The number of furan rings is 2. The van der Waals surface area contributed by atoms with Gasteiger partial charge in [0.15, 0.2) is 0 Å². The van der Waals surface area contributed by atoms with Gasteiger partial charge in [0, 0.05) is 66.7 Å². The van der Waals surface area contributed by atoms with Gasteiger partial charge in [-0.25, -0.2) is 0 Å². The van der Waals surface area contributed by atoms with Crippen LogP contribution in [0.4, 0.5) is 34.1 Å². The minimum absolute atomic E-state index is 0.857. The average molecular weight is 1430 g/mol. The molecule has 2 aromatic heterocycles. The normalized spacial score (nSPS) is 11.8. The summed E-state index contributed by atoms with van der Waals surface area (Å²) < 4.78 is 13.5. The van der Waals surface area contributed by atoms with Crippen LogP contribution >= 0.6 is 0 Å². The van der Waals surface area contributed by atoms with Crippen LogP contribution in [0.15, 0.2) is 421 Å². The standard InChI is InChI=1S/C108H68N2O2/c1-3-17-69(18-4-1)78-22-13-23-87(66-78)109(83-52-39-70(40-53-83)79-37-35-76-48-61-94-88-24-8-7-21-73(88)47-63-96(94)101(76)67-79)84-56-43-75(44-57-84)93-29-15-31-100-106-91(27-16-34-105(106)112-108(93)100)82-50-60-89-81(65-82)51-64-97-95(89)62-49-77-36-38-80(68-102(77)97)71-41-54-85(55-42-71)110(103-32-11-9-25-90(103)72-19-5-2-6-20-72)86-58-45-74(46-59-86)92-28-14-30-99-98-26-10-12-33-104(98)111-107(92)99/h1-68H. The lowest BCUT2D eigenvalue weighted by Gasteiger charge is -2.28. The first-order valence-electron chi connectivity index (χ1n) is 38.4. The van der Waals surface area contributed by atoms with E-state index in [4.69, 9.17) is 8.83 Å². The van der Waals surface area contributed by atoms with Crippen molar-refractivity contribution >= 4 is 143 Å². The molecule has 0 aliphatic carbocycles. The minimum atomic E-state index is 0.857. The maximum absolute atomic E-state index is 7.00. The number of hydrogen-bond donors (Lipinski definition) is 0. The Labute approximate surface area is 647 Å². The number of para-hydroxylation sites is 4. The molecule has 112 heavy (non-hydrogen) atoms. The van der Waals surface area contributed by atoms with Crippen molar-refractivity contribution < 1.29 is 8.83 Å². The second kappa shape index (κ2) is 26.5. The number of anilines is 6. The average Bonchev–Trinajstić information content (AvgIpc) is 1.47. The van der Waals surface area contributed by atoms with Crippen molar-refractivity contribution in [2.45, 2.75) is 0 Å². The van der Waals surface area contributed by atoms with Gasteiger partial charge in [-0.05, 0) is 223 Å². The molecule has 0 atom stereocenters. The van der Waals surface area contributed by atoms with E-state index in [1.807, 2.05) is 12.1 Å². The van der Waals surface area contributed by atoms with Crippen LogP contribution in [-0.4, -0.2) is 0 Å². The predicted molar refractivity (Wildman–Crippen MR) is 473 cm³/mol. The SMILES string of the molecule is c1ccc(-c2cccc(N(c3ccc(-c4ccc5ccc6c7ccccc7ccc6c5c4)cc3)c3ccc(-c4cccc5c4oc4cccc(-c6ccc7c(ccc8c9cc(-c%10ccc(N(c%11ccc(-c%12cccc%13c%12oc%12ccccc%12%13)cc%11)c%11ccccc%11-c%11ccccc%11)cc%10)ccc9ccc78)c6)c45)cc3)c2)cc1. The quantitative estimate of drug-likeness (QED) is 0.108. The molecule has 0 radical (unpaired) electrons. The molecule has 522 valence electrons. The van der Waals surface area contributed by atoms with Crippen LogP contribution in [0.2, 0.25) is 0 Å². The Morgan fingerprint density at radius 2 is 0.536 bits per heavy atom. The van der Waals surface area contributed by atoms with Gasteiger partial charge in [-0.1, -0.05) is 315 Å². The summed E-state index contributed by atoms with van der Waals surface area (Å²) in [5.74, 6) is 0. The number of rotatable bonds is 13. The molecule has 0 spiro atoms. The summed E-state index contributed by atoms with van der Waals surface area (Å²) >= 11 is 0. The first-order valence-corrected chi connectivity index (χ1v) is 38.4. The maximum Gasteiger partial charge on any atom is 0.143 e. The van der Waals surface area contributed by atoms with E-state index in [1.165, 1.54) is 75.8 Å². The lowest BCUT2D eigenvalue weighted by Crippen LogP contribution is -2.11. The van der Waals surface area contributed by atoms with Gasteiger partial charge in [0.05, 0.1) is 5.69 Å². The Morgan fingerprint density at radius 1 is 0.161 bits per heavy atom. The summed E-state index contributed by atoms with van der Waals surface area (Å²) in [6.07, 6.45) is 0. The second-order valence-corrected chi connectivity index (χ2v) is 29.4. The van der Waals surface area contributed by atoms with Gasteiger partial charge >= 0.3 is 0 Å². The van der Waals surface area contributed by atoms with E-state index < -0.39 is 0 Å². The van der Waals surface area contributed by atoms with Crippen molar-refractivity contribution in [2.24, 2.45) is 0 Å². The Balaban J connectivity index is 0.568. The molecule has 0 amide bonds. The third-order valence-corrected chi connectivity index (χ3v) is 23.0. The minimum Gasteiger partial charge on any atom is -0.455 e. The molecule has 0 aliphatic rings. The molecule has 0 N–H and O–H groups in total. The highest BCUT2D eigenvalue weighted by Gasteiger charge is 2.23. The van der Waals surface area contributed by atoms with Gasteiger partial charge in [0.2, 0.25) is 0 Å². The topological polar surface area (TPSA) is 32.8 Å². The van der Waals surface area contributed by atoms with Gasteiger partial charge < -0.3 is 18.6 Å². The lowest BCUT2D eigenvalue weighted by atomic mass is 9.92. The Bertz CT molecular complexity index is 7470. The van der Waals surface area contributed by atoms with Crippen LogP contribution in [0.5, 0.6) is 0 Å². The molecule has 0 aliphatic heterocycles. The highest BCUT2D eigenvalue weighted by Crippen LogP contribution is 2.48. The first kappa shape index (κ1) is 64.3. The number of hydrogen-bond acceptors (Lipinski definition) is 4. The maximum atomic E-state index is 7.00. The lowest BCUT2D eigenvalue weighted by molar-refractivity contribution is 0.669. The molecule has 0 bridgehead atoms. The van der Waals surface area contributed by atoms with Gasteiger partial charge in [0.25, 0.3) is 0 Å². The fraction of sp³-hybridized carbons (Fsp3) is 0. The fourth-order valence-corrected chi connectivity index (χ4v) is 17.6. The van der Waals surface area contributed by atoms with Crippen LogP contribution in [0.1, 0.15) is 0 Å². The zero-order chi connectivity index (χ0) is 73.7. The van der Waals surface area contributed by atoms with Crippen LogP contribution in [0.25, 0.3) is 186 Å². The summed E-state index contributed by atoms with van der Waals surface area (Å²) in [4.78, 5) is 4.75. The molecular weight excluding hydrogens is 1360 g/mol. The molecule has 22 aromatic rings. The van der Waals surface area contributed by atoms with Crippen molar-refractivity contribution in [1.29, 1.82) is 0 Å². The van der Waals surface area contributed by atoms with E-state index in [9.17, 15) is 0 Å². The predicted octanol–water partition coefficient (Wildman–Crippen LogP) is 31.0. The fourth-order valence-electron chi connectivity index (χ4n) is 17.6. The van der Waals surface area contributed by atoms with Gasteiger partial charge in [-0.2, -0.15) is 0 Å². The molecule has 0 saturated heterocycles. The van der Waals surface area contributed by atoms with E-state index in [0.29, 0.717) is 0 Å². The van der Waals surface area contributed by atoms with Gasteiger partial charge in [-0.3, -0.25) is 0 Å². The van der Waals surface area contributed by atoms with Gasteiger partial charge in [0.1, 0.15) is 22.3 Å². The first-order chi connectivity index (χ1) is 55.5. The number of nitrogens with zero attached hydrogens (tertiary/aromatic N) is 2. The van der Waals surface area contributed by atoms with Crippen molar-refractivity contribution in [1.82, 2.24) is 0 Å². The Hall–Kier alpha value is -14.8. The Kier molecular flexibility index (Phi) is 15.2. The molecule has 20 aromatic carbocycles. The monoisotopic (exact) mass is 1420 g/mol. The van der Waals surface area contributed by atoms with Crippen LogP contribution in [-0.2, 0) is 0 Å². The van der Waals surface area contributed by atoms with Gasteiger partial charge in [-0.15, -0.1) is 0 Å². The summed E-state index contributed by atoms with van der Waals surface area (Å²) in [5, 5.41) is 19.3. The second-order valence-electron chi connectivity index (χ2n) is 29.4. The third kappa shape index (κ3) is 11.0. The van der Waals surface area contributed by atoms with E-state index in [1.54, 1.807) is 0 Å². The van der Waals surface area contributed by atoms with E-state index >= 15 is 0 Å². The molecule has 4 heteroatoms. The molecule has 0 unspecified atom stereocenters. The molecule has 4 nitrogen and oxygen atoms in total. The zero-order valence-electron chi connectivity index (χ0n) is 61.0. The van der Waals surface area contributed by atoms with Crippen LogP contribution in [0.3, 0.4) is 0 Å². The molecule has 0 saturated carbocycles. The molecule has 0 fully saturated rings. The highest BCUT2D eigenvalue weighted by atomic mass is 16.3. The van der Waals surface area contributed by atoms with E-state index in [2.05, 4.69) is 410 Å². The van der Waals surface area contributed by atoms with Crippen molar-refractivity contribution in [3.63, 3.8) is 0 Å². The summed E-state index contributed by atoms with van der Waals surface area (Å²) in [6.45, 7) is 0. The zero-order valence-corrected chi connectivity index (χ0v) is 61.0. The van der Waals surface area contributed by atoms with Crippen LogP contribution < -0.4 is 9.80 Å². The third-order valence-electron chi connectivity index (χ3n) is 23.0. The smallest absolute Gasteiger partial charge is 0.143 e. The summed E-state index contributed by atoms with van der Waals surface area (Å²) in [5.41, 5.74) is 25.8. The number of benzene rings is 20. The number of fused-ring (bicyclic) bond motifs is 16. The summed E-state index contributed by atoms with van der Waals surface area (Å²) in [7, 11) is 0. The van der Waals surface area contributed by atoms with E-state index in [-0.39, 0.29) is 0 Å². The van der Waals surface area contributed by atoms with Crippen LogP contribution in [0, 0.1) is 0 Å². The Morgan fingerprint density at radius 3 is 1.18 bits per heavy atom. The van der Waals surface area contributed by atoms with Crippen molar-refractivity contribution in [3.8, 4) is 77.9 Å². The largest absolute Gasteiger partial charge is 0.455 e. The van der Waals surface area contributed by atoms with Crippen molar-refractivity contribution in [3.05, 3.63) is 413 Å². The summed E-state index contributed by atoms with van der Waals surface area (Å²) in [6, 6.07) is 150. The molecule has 2 heterocycles. The van der Waals surface area contributed by atoms with E-state index in [0.717, 1.165) is 145 Å².